The highest BCUT2D eigenvalue weighted by Gasteiger charge is 2.25. The Morgan fingerprint density at radius 1 is 1.29 bits per heavy atom. The van der Waals surface area contributed by atoms with Gasteiger partial charge in [0.2, 0.25) is 0 Å². The molecule has 0 saturated carbocycles. The van der Waals surface area contributed by atoms with Crippen LogP contribution < -0.4 is 5.32 Å². The lowest BCUT2D eigenvalue weighted by Crippen LogP contribution is -2.36. The first-order valence-corrected chi connectivity index (χ1v) is 7.31. The maximum absolute atomic E-state index is 5.88. The molecular weight excluding hydrogens is 230 g/mol. The number of ether oxygens (including phenoxy) is 1. The van der Waals surface area contributed by atoms with E-state index in [1.54, 1.807) is 0 Å². The number of benzene rings is 1. The van der Waals surface area contributed by atoms with Crippen molar-refractivity contribution in [1.29, 1.82) is 0 Å². The summed E-state index contributed by atoms with van der Waals surface area (Å²) < 4.78 is 5.88. The van der Waals surface area contributed by atoms with Gasteiger partial charge in [-0.15, -0.1) is 0 Å². The highest BCUT2D eigenvalue weighted by atomic mass is 32.2. The van der Waals surface area contributed by atoms with Crippen molar-refractivity contribution in [2.24, 2.45) is 0 Å². The van der Waals surface area contributed by atoms with E-state index >= 15 is 0 Å². The molecule has 1 aliphatic rings. The van der Waals surface area contributed by atoms with E-state index in [1.807, 2.05) is 18.8 Å². The largest absolute Gasteiger partial charge is 0.375 e. The minimum absolute atomic E-state index is 0.292. The lowest BCUT2D eigenvalue weighted by atomic mass is 9.98. The van der Waals surface area contributed by atoms with Crippen LogP contribution >= 0.6 is 11.8 Å². The van der Waals surface area contributed by atoms with E-state index in [9.17, 15) is 0 Å². The summed E-state index contributed by atoms with van der Waals surface area (Å²) in [6.07, 6.45) is 0.292. The SMILES string of the molecule is CNC(c1cc(C)cc(C)c1)C1CSCCO1. The Bertz CT molecular complexity index is 354. The molecular formula is C14H21NOS. The normalized spacial score (nSPS) is 22.4. The Balaban J connectivity index is 2.21. The lowest BCUT2D eigenvalue weighted by Gasteiger charge is -2.30. The van der Waals surface area contributed by atoms with Crippen LogP contribution in [0.3, 0.4) is 0 Å². The molecule has 1 aromatic rings. The molecule has 0 radical (unpaired) electrons. The summed E-state index contributed by atoms with van der Waals surface area (Å²) in [6, 6.07) is 7.04. The van der Waals surface area contributed by atoms with E-state index < -0.39 is 0 Å². The van der Waals surface area contributed by atoms with E-state index in [0.29, 0.717) is 12.1 Å². The Morgan fingerprint density at radius 3 is 2.53 bits per heavy atom. The van der Waals surface area contributed by atoms with Crippen LogP contribution in [0.2, 0.25) is 0 Å². The highest BCUT2D eigenvalue weighted by Crippen LogP contribution is 2.26. The van der Waals surface area contributed by atoms with Gasteiger partial charge in [0.25, 0.3) is 0 Å². The number of hydrogen-bond donors (Lipinski definition) is 1. The number of hydrogen-bond acceptors (Lipinski definition) is 3. The molecule has 2 rings (SSSR count). The summed E-state index contributed by atoms with van der Waals surface area (Å²) >= 11 is 1.98. The molecule has 17 heavy (non-hydrogen) atoms. The third-order valence-corrected chi connectivity index (χ3v) is 4.15. The summed E-state index contributed by atoms with van der Waals surface area (Å²) in [5.74, 6) is 2.21. The average Bonchev–Trinajstić information content (AvgIpc) is 2.30. The van der Waals surface area contributed by atoms with Crippen molar-refractivity contribution in [2.45, 2.75) is 26.0 Å². The van der Waals surface area contributed by atoms with Gasteiger partial charge in [0.15, 0.2) is 0 Å². The maximum Gasteiger partial charge on any atom is 0.0860 e. The summed E-state index contributed by atoms with van der Waals surface area (Å²) in [6.45, 7) is 5.18. The molecule has 2 nitrogen and oxygen atoms in total. The van der Waals surface area contributed by atoms with Gasteiger partial charge < -0.3 is 10.1 Å². The fraction of sp³-hybridized carbons (Fsp3) is 0.571. The van der Waals surface area contributed by atoms with Crippen molar-refractivity contribution in [3.63, 3.8) is 0 Å². The molecule has 2 unspecified atom stereocenters. The van der Waals surface area contributed by atoms with E-state index in [4.69, 9.17) is 4.74 Å². The molecule has 2 atom stereocenters. The minimum atomic E-state index is 0.292. The van der Waals surface area contributed by atoms with Crippen LogP contribution in [0.5, 0.6) is 0 Å². The van der Waals surface area contributed by atoms with Gasteiger partial charge in [-0.2, -0.15) is 11.8 Å². The van der Waals surface area contributed by atoms with E-state index in [1.165, 1.54) is 16.7 Å². The first-order chi connectivity index (χ1) is 8.20. The summed E-state index contributed by atoms with van der Waals surface area (Å²) in [4.78, 5) is 0. The Hall–Kier alpha value is -0.510. The van der Waals surface area contributed by atoms with Crippen LogP contribution in [-0.2, 0) is 4.74 Å². The third kappa shape index (κ3) is 3.24. The molecule has 1 saturated heterocycles. The zero-order valence-electron chi connectivity index (χ0n) is 10.8. The van der Waals surface area contributed by atoms with Crippen LogP contribution in [0.1, 0.15) is 22.7 Å². The monoisotopic (exact) mass is 251 g/mol. The first-order valence-electron chi connectivity index (χ1n) is 6.15. The molecule has 0 aliphatic carbocycles. The van der Waals surface area contributed by atoms with Gasteiger partial charge >= 0.3 is 0 Å². The van der Waals surface area contributed by atoms with Gasteiger partial charge in [0.05, 0.1) is 18.8 Å². The van der Waals surface area contributed by atoms with Gasteiger partial charge in [0.1, 0.15) is 0 Å². The second-order valence-electron chi connectivity index (χ2n) is 4.67. The number of likely N-dealkylation sites (N-methyl/N-ethyl adjacent to an activating group) is 1. The standard InChI is InChI=1S/C14H21NOS/c1-10-6-11(2)8-12(7-10)14(15-3)13-9-17-5-4-16-13/h6-8,13-15H,4-5,9H2,1-3H3. The minimum Gasteiger partial charge on any atom is -0.375 e. The fourth-order valence-electron chi connectivity index (χ4n) is 2.46. The fourth-order valence-corrected chi connectivity index (χ4v) is 3.36. The topological polar surface area (TPSA) is 21.3 Å². The van der Waals surface area contributed by atoms with Crippen molar-refractivity contribution in [2.75, 3.05) is 25.2 Å². The molecule has 1 N–H and O–H groups in total. The van der Waals surface area contributed by atoms with Crippen molar-refractivity contribution in [3.05, 3.63) is 34.9 Å². The predicted octanol–water partition coefficient (Wildman–Crippen LogP) is 2.70. The Kier molecular flexibility index (Phi) is 4.48. The molecule has 1 aliphatic heterocycles. The molecule has 0 aromatic heterocycles. The molecule has 0 amide bonds. The number of nitrogens with one attached hydrogen (secondary N) is 1. The van der Waals surface area contributed by atoms with Crippen molar-refractivity contribution < 1.29 is 4.74 Å². The summed E-state index contributed by atoms with van der Waals surface area (Å²) in [5, 5.41) is 3.40. The quantitative estimate of drug-likeness (QED) is 0.892. The number of thioether (sulfide) groups is 1. The van der Waals surface area contributed by atoms with E-state index in [-0.39, 0.29) is 0 Å². The molecule has 3 heteroatoms. The highest BCUT2D eigenvalue weighted by molar-refractivity contribution is 7.99. The number of rotatable bonds is 3. The smallest absolute Gasteiger partial charge is 0.0860 e. The molecule has 0 spiro atoms. The van der Waals surface area contributed by atoms with Crippen LogP contribution in [0.25, 0.3) is 0 Å². The molecule has 1 aromatic carbocycles. The van der Waals surface area contributed by atoms with Gasteiger partial charge in [-0.1, -0.05) is 29.3 Å². The second kappa shape index (κ2) is 5.89. The third-order valence-electron chi connectivity index (χ3n) is 3.13. The van der Waals surface area contributed by atoms with Gasteiger partial charge in [-0.05, 0) is 26.5 Å². The van der Waals surface area contributed by atoms with Crippen molar-refractivity contribution in [1.82, 2.24) is 5.32 Å². The zero-order valence-corrected chi connectivity index (χ0v) is 11.6. The predicted molar refractivity (Wildman–Crippen MR) is 74.8 cm³/mol. The van der Waals surface area contributed by atoms with Crippen LogP contribution in [0.4, 0.5) is 0 Å². The van der Waals surface area contributed by atoms with Crippen LogP contribution in [0.15, 0.2) is 18.2 Å². The number of aryl methyl sites for hydroxylation is 2. The average molecular weight is 251 g/mol. The van der Waals surface area contributed by atoms with E-state index in [0.717, 1.165) is 18.1 Å². The lowest BCUT2D eigenvalue weighted by molar-refractivity contribution is 0.0488. The Morgan fingerprint density at radius 2 is 2.00 bits per heavy atom. The molecule has 1 heterocycles. The molecule has 94 valence electrons. The zero-order chi connectivity index (χ0) is 12.3. The van der Waals surface area contributed by atoms with Crippen molar-refractivity contribution in [3.8, 4) is 0 Å². The second-order valence-corrected chi connectivity index (χ2v) is 5.82. The van der Waals surface area contributed by atoms with Gasteiger partial charge in [-0.25, -0.2) is 0 Å². The molecule has 0 bridgehead atoms. The van der Waals surface area contributed by atoms with Crippen LogP contribution in [0, 0.1) is 13.8 Å². The summed E-state index contributed by atoms with van der Waals surface area (Å²) in [7, 11) is 2.02. The van der Waals surface area contributed by atoms with Crippen LogP contribution in [-0.4, -0.2) is 31.3 Å². The maximum atomic E-state index is 5.88. The Labute approximate surface area is 108 Å². The first kappa shape index (κ1) is 12.9. The van der Waals surface area contributed by atoms with Crippen molar-refractivity contribution >= 4 is 11.8 Å². The van der Waals surface area contributed by atoms with E-state index in [2.05, 4.69) is 37.4 Å². The summed E-state index contributed by atoms with van der Waals surface area (Å²) in [5.41, 5.74) is 3.99. The molecule has 1 fully saturated rings. The van der Waals surface area contributed by atoms with Gasteiger partial charge in [0, 0.05) is 11.5 Å². The van der Waals surface area contributed by atoms with Gasteiger partial charge in [-0.3, -0.25) is 0 Å².